The number of para-hydroxylation sites is 1. The van der Waals surface area contributed by atoms with Crippen LogP contribution in [-0.4, -0.2) is 11.8 Å². The topological polar surface area (TPSA) is 41.6 Å². The smallest absolute Gasteiger partial charge is 0.0881 e. The zero-order valence-electron chi connectivity index (χ0n) is 14.2. The van der Waals surface area contributed by atoms with Crippen molar-refractivity contribution in [2.45, 2.75) is 26.8 Å². The number of nitrogens with two attached hydrogens (primary N) is 1. The quantitative estimate of drug-likeness (QED) is 0.829. The Morgan fingerprint density at radius 2 is 1.71 bits per heavy atom. The highest BCUT2D eigenvalue weighted by Gasteiger charge is 2.29. The average Bonchev–Trinajstić information content (AvgIpc) is 2.57. The molecule has 1 unspecified atom stereocenters. The molecule has 1 heterocycles. The van der Waals surface area contributed by atoms with E-state index >= 15 is 0 Å². The number of benzene rings is 2. The molecule has 0 aromatic heterocycles. The molecule has 120 valence electrons. The van der Waals surface area contributed by atoms with Crippen molar-refractivity contribution in [2.75, 3.05) is 4.90 Å². The fourth-order valence-corrected chi connectivity index (χ4v) is 3.22. The maximum absolute atomic E-state index is 6.27. The Hall–Kier alpha value is -2.65. The number of anilines is 2. The summed E-state index contributed by atoms with van der Waals surface area (Å²) >= 11 is 0. The molecule has 0 radical (unpaired) electrons. The van der Waals surface area contributed by atoms with Gasteiger partial charge in [-0.1, -0.05) is 23.8 Å². The lowest BCUT2D eigenvalue weighted by Gasteiger charge is -2.35. The third-order valence-electron chi connectivity index (χ3n) is 4.82. The minimum absolute atomic E-state index is 0.0711. The summed E-state index contributed by atoms with van der Waals surface area (Å²) in [6, 6.07) is 14.7. The third kappa shape index (κ3) is 2.29. The largest absolute Gasteiger partial charge is 0.321 e. The van der Waals surface area contributed by atoms with Crippen LogP contribution in [0.5, 0.6) is 0 Å². The fourth-order valence-electron chi connectivity index (χ4n) is 3.22. The van der Waals surface area contributed by atoms with Gasteiger partial charge < -0.3 is 10.6 Å². The predicted octanol–water partition coefficient (Wildman–Crippen LogP) is 4.70. The molecule has 3 heteroatoms. The van der Waals surface area contributed by atoms with E-state index in [4.69, 9.17) is 10.7 Å². The van der Waals surface area contributed by atoms with E-state index < -0.39 is 0 Å². The van der Waals surface area contributed by atoms with Gasteiger partial charge >= 0.3 is 0 Å². The van der Waals surface area contributed by atoms with Crippen LogP contribution in [0.2, 0.25) is 0 Å². The number of fused-ring (bicyclic) bond motifs is 2. The van der Waals surface area contributed by atoms with Crippen molar-refractivity contribution in [3.8, 4) is 0 Å². The summed E-state index contributed by atoms with van der Waals surface area (Å²) in [4.78, 5) is 7.18. The SMILES string of the molecule is CC1=CC2=Nc3cc(C)c(C)cc3N(c3ccccc3)C2=CC1N. The molecule has 0 amide bonds. The molecule has 0 spiro atoms. The van der Waals surface area contributed by atoms with Crippen molar-refractivity contribution in [1.29, 1.82) is 0 Å². The van der Waals surface area contributed by atoms with E-state index in [0.29, 0.717) is 0 Å². The highest BCUT2D eigenvalue weighted by atomic mass is 15.2. The number of aliphatic imine (C=N–C) groups is 1. The second-order valence-corrected chi connectivity index (χ2v) is 6.56. The normalized spacial score (nSPS) is 19.1. The molecule has 0 saturated carbocycles. The lowest BCUT2D eigenvalue weighted by atomic mass is 9.95. The maximum Gasteiger partial charge on any atom is 0.0881 e. The Morgan fingerprint density at radius 3 is 2.46 bits per heavy atom. The Morgan fingerprint density at radius 1 is 1.00 bits per heavy atom. The van der Waals surface area contributed by atoms with E-state index in [1.165, 1.54) is 11.1 Å². The summed E-state index contributed by atoms with van der Waals surface area (Å²) in [5, 5.41) is 0. The zero-order chi connectivity index (χ0) is 16.8. The fraction of sp³-hybridized carbons (Fsp3) is 0.190. The Bertz CT molecular complexity index is 904. The molecule has 2 N–H and O–H groups in total. The molecule has 1 aliphatic carbocycles. The third-order valence-corrected chi connectivity index (χ3v) is 4.82. The molecule has 0 fully saturated rings. The molecule has 0 saturated heterocycles. The van der Waals surface area contributed by atoms with Gasteiger partial charge in [-0.15, -0.1) is 0 Å². The van der Waals surface area contributed by atoms with Crippen LogP contribution < -0.4 is 10.6 Å². The van der Waals surface area contributed by atoms with Gasteiger partial charge in [-0.25, -0.2) is 4.99 Å². The van der Waals surface area contributed by atoms with Gasteiger partial charge in [0.25, 0.3) is 0 Å². The number of allylic oxidation sites excluding steroid dienone is 1. The van der Waals surface area contributed by atoms with E-state index in [0.717, 1.165) is 34.0 Å². The van der Waals surface area contributed by atoms with Gasteiger partial charge in [-0.2, -0.15) is 0 Å². The lowest BCUT2D eigenvalue weighted by molar-refractivity contribution is 0.927. The Balaban J connectivity index is 1.99. The van der Waals surface area contributed by atoms with Crippen molar-refractivity contribution in [2.24, 2.45) is 10.7 Å². The molecule has 1 aliphatic heterocycles. The minimum Gasteiger partial charge on any atom is -0.321 e. The number of hydrogen-bond donors (Lipinski definition) is 1. The van der Waals surface area contributed by atoms with Crippen molar-refractivity contribution in [3.05, 3.63) is 77.0 Å². The van der Waals surface area contributed by atoms with Crippen molar-refractivity contribution in [3.63, 3.8) is 0 Å². The molecule has 2 aromatic rings. The maximum atomic E-state index is 6.27. The van der Waals surface area contributed by atoms with Crippen LogP contribution in [0.25, 0.3) is 0 Å². The van der Waals surface area contributed by atoms with E-state index in [-0.39, 0.29) is 6.04 Å². The average molecular weight is 315 g/mol. The van der Waals surface area contributed by atoms with E-state index in [1.807, 2.05) is 6.07 Å². The van der Waals surface area contributed by atoms with Gasteiger partial charge in [-0.3, -0.25) is 0 Å². The van der Waals surface area contributed by atoms with Crippen molar-refractivity contribution < 1.29 is 0 Å². The zero-order valence-corrected chi connectivity index (χ0v) is 14.2. The van der Waals surface area contributed by atoms with Crippen molar-refractivity contribution >= 4 is 22.8 Å². The summed E-state index contributed by atoms with van der Waals surface area (Å²) in [5.41, 5.74) is 15.2. The van der Waals surface area contributed by atoms with Crippen LogP contribution in [0.1, 0.15) is 18.1 Å². The van der Waals surface area contributed by atoms with Gasteiger partial charge in [0.05, 0.1) is 22.8 Å². The molecule has 1 atom stereocenters. The molecule has 2 aliphatic rings. The number of nitrogens with zero attached hydrogens (tertiary/aromatic N) is 2. The molecule has 4 rings (SSSR count). The van der Waals surface area contributed by atoms with Gasteiger partial charge in [-0.05, 0) is 68.3 Å². The number of hydrogen-bond acceptors (Lipinski definition) is 3. The van der Waals surface area contributed by atoms with Crippen LogP contribution in [0.4, 0.5) is 17.1 Å². The van der Waals surface area contributed by atoms with Gasteiger partial charge in [0, 0.05) is 11.7 Å². The summed E-state index contributed by atoms with van der Waals surface area (Å²) in [7, 11) is 0. The van der Waals surface area contributed by atoms with E-state index in [9.17, 15) is 0 Å². The van der Waals surface area contributed by atoms with Gasteiger partial charge in [0.2, 0.25) is 0 Å². The summed E-state index contributed by atoms with van der Waals surface area (Å²) in [6.07, 6.45) is 4.22. The Kier molecular flexibility index (Phi) is 3.39. The van der Waals surface area contributed by atoms with Crippen LogP contribution in [0.3, 0.4) is 0 Å². The second-order valence-electron chi connectivity index (χ2n) is 6.56. The summed E-state index contributed by atoms with van der Waals surface area (Å²) < 4.78 is 0. The number of rotatable bonds is 1. The highest BCUT2D eigenvalue weighted by Crippen LogP contribution is 2.43. The lowest BCUT2D eigenvalue weighted by Crippen LogP contribution is -2.33. The molecule has 0 bridgehead atoms. The number of aryl methyl sites for hydroxylation is 2. The van der Waals surface area contributed by atoms with E-state index in [1.54, 1.807) is 0 Å². The molecule has 2 aromatic carbocycles. The highest BCUT2D eigenvalue weighted by molar-refractivity contribution is 6.17. The molecule has 3 nitrogen and oxygen atoms in total. The first-order chi connectivity index (χ1) is 11.5. The first-order valence-electron chi connectivity index (χ1n) is 8.25. The monoisotopic (exact) mass is 315 g/mol. The summed E-state index contributed by atoms with van der Waals surface area (Å²) in [5.74, 6) is 0. The van der Waals surface area contributed by atoms with Crippen LogP contribution in [0.15, 0.2) is 70.9 Å². The van der Waals surface area contributed by atoms with E-state index in [2.05, 4.69) is 74.2 Å². The predicted molar refractivity (Wildman–Crippen MR) is 101 cm³/mol. The first-order valence-corrected chi connectivity index (χ1v) is 8.25. The standard InChI is InChI=1S/C21H21N3/c1-13-9-18-20(11-14(13)2)24(16-7-5-4-6-8-16)21-12-17(22)15(3)10-19(21)23-18/h4-12,17H,22H2,1-3H3. The Labute approximate surface area is 142 Å². The first kappa shape index (κ1) is 14.9. The van der Waals surface area contributed by atoms with Crippen molar-refractivity contribution in [1.82, 2.24) is 0 Å². The van der Waals surface area contributed by atoms with Crippen LogP contribution in [0, 0.1) is 13.8 Å². The van der Waals surface area contributed by atoms with Crippen LogP contribution in [-0.2, 0) is 0 Å². The molecular weight excluding hydrogens is 294 g/mol. The van der Waals surface area contributed by atoms with Gasteiger partial charge in [0.15, 0.2) is 0 Å². The minimum atomic E-state index is -0.0711. The summed E-state index contributed by atoms with van der Waals surface area (Å²) in [6.45, 7) is 6.33. The van der Waals surface area contributed by atoms with Gasteiger partial charge in [0.1, 0.15) is 0 Å². The molecular formula is C21H21N3. The second kappa shape index (κ2) is 5.46. The van der Waals surface area contributed by atoms with Crippen LogP contribution >= 0.6 is 0 Å². The molecule has 24 heavy (non-hydrogen) atoms.